The van der Waals surface area contributed by atoms with Crippen LogP contribution in [0.1, 0.15) is 0 Å². The molecule has 0 spiro atoms. The molecule has 0 aromatic heterocycles. The van der Waals surface area contributed by atoms with Crippen LogP contribution in [0.15, 0.2) is 0 Å². The molecule has 5 heteroatoms. The summed E-state index contributed by atoms with van der Waals surface area (Å²) in [6.45, 7) is 0. The monoisotopic (exact) mass is 163 g/mol. The van der Waals surface area contributed by atoms with E-state index in [1.54, 1.807) is 0 Å². The molecule has 1 heterocycles. The number of rotatable bonds is 2. The molecule has 4 atom stereocenters. The largest absolute Gasteiger partial charge is 0.386 e. The minimum absolute atomic E-state index is 0.537. The highest BCUT2D eigenvalue weighted by atomic mass is 16.8. The molecule has 3 N–H and O–H groups in total. The molecule has 0 saturated carbocycles. The first-order valence-electron chi connectivity index (χ1n) is 3.35. The average molecular weight is 163 g/mol. The summed E-state index contributed by atoms with van der Waals surface area (Å²) in [6.07, 6.45) is -2.06. The van der Waals surface area contributed by atoms with Crippen molar-refractivity contribution in [2.45, 2.75) is 24.7 Å². The van der Waals surface area contributed by atoms with Crippen LogP contribution >= 0.6 is 0 Å². The second-order valence-electron chi connectivity index (χ2n) is 2.41. The van der Waals surface area contributed by atoms with Crippen LogP contribution in [-0.4, -0.2) is 44.1 Å². The Morgan fingerprint density at radius 2 is 1.82 bits per heavy atom. The van der Waals surface area contributed by atoms with Crippen molar-refractivity contribution in [3.05, 3.63) is 0 Å². The van der Waals surface area contributed by atoms with E-state index in [-0.39, 0.29) is 0 Å². The Bertz CT molecular complexity index is 114. The van der Waals surface area contributed by atoms with Crippen LogP contribution < -0.4 is 5.73 Å². The first kappa shape index (κ1) is 8.89. The molecule has 0 amide bonds. The Morgan fingerprint density at radius 1 is 1.27 bits per heavy atom. The average Bonchev–Trinajstić information content (AvgIpc) is 2.30. The van der Waals surface area contributed by atoms with Gasteiger partial charge in [0.15, 0.2) is 12.6 Å². The maximum Gasteiger partial charge on any atom is 0.187 e. The molecule has 1 aliphatic heterocycles. The maximum absolute atomic E-state index is 9.30. The summed E-state index contributed by atoms with van der Waals surface area (Å²) in [5.41, 5.74) is 5.52. The molecular weight excluding hydrogens is 150 g/mol. The van der Waals surface area contributed by atoms with Crippen LogP contribution in [0.25, 0.3) is 0 Å². The number of hydrogen-bond acceptors (Lipinski definition) is 5. The SMILES string of the molecule is CO[C@@H]1O[C@@H](OC)[C@@H](O)[C@@H]1N. The van der Waals surface area contributed by atoms with Gasteiger partial charge in [0.05, 0.1) is 6.04 Å². The smallest absolute Gasteiger partial charge is 0.187 e. The topological polar surface area (TPSA) is 73.9 Å². The summed E-state index contributed by atoms with van der Waals surface area (Å²) in [7, 11) is 2.91. The predicted molar refractivity (Wildman–Crippen MR) is 36.7 cm³/mol. The Morgan fingerprint density at radius 3 is 2.09 bits per heavy atom. The zero-order valence-corrected chi connectivity index (χ0v) is 6.56. The number of ether oxygens (including phenoxy) is 3. The van der Waals surface area contributed by atoms with Crippen molar-refractivity contribution in [3.63, 3.8) is 0 Å². The second-order valence-corrected chi connectivity index (χ2v) is 2.41. The Balaban J connectivity index is 2.53. The molecule has 66 valence electrons. The quantitative estimate of drug-likeness (QED) is 0.526. The molecule has 0 aromatic carbocycles. The summed E-state index contributed by atoms with van der Waals surface area (Å²) in [5.74, 6) is 0. The molecule has 0 radical (unpaired) electrons. The number of hydrogen-bond donors (Lipinski definition) is 2. The van der Waals surface area contributed by atoms with Gasteiger partial charge in [-0.1, -0.05) is 0 Å². The van der Waals surface area contributed by atoms with Gasteiger partial charge in [-0.05, 0) is 0 Å². The van der Waals surface area contributed by atoms with Crippen molar-refractivity contribution in [1.29, 1.82) is 0 Å². The fraction of sp³-hybridized carbons (Fsp3) is 1.00. The van der Waals surface area contributed by atoms with Crippen LogP contribution in [0.4, 0.5) is 0 Å². The van der Waals surface area contributed by atoms with Crippen molar-refractivity contribution in [2.24, 2.45) is 5.73 Å². The zero-order valence-electron chi connectivity index (χ0n) is 6.56. The number of nitrogens with two attached hydrogens (primary N) is 1. The molecule has 0 aromatic rings. The minimum Gasteiger partial charge on any atom is -0.386 e. The highest BCUT2D eigenvalue weighted by Gasteiger charge is 2.41. The third-order valence-corrected chi connectivity index (χ3v) is 1.72. The van der Waals surface area contributed by atoms with Gasteiger partial charge >= 0.3 is 0 Å². The van der Waals surface area contributed by atoms with E-state index in [0.29, 0.717) is 0 Å². The standard InChI is InChI=1S/C6H13NO4/c1-9-5-3(7)4(8)6(10-2)11-5/h3-6,8H,7H2,1-2H3/t3-,4-,5+,6+/m0/s1. The molecular formula is C6H13NO4. The maximum atomic E-state index is 9.30. The highest BCUT2D eigenvalue weighted by Crippen LogP contribution is 2.19. The van der Waals surface area contributed by atoms with Crippen LogP contribution in [-0.2, 0) is 14.2 Å². The van der Waals surface area contributed by atoms with Gasteiger partial charge in [0.25, 0.3) is 0 Å². The number of methoxy groups -OCH3 is 2. The van der Waals surface area contributed by atoms with Crippen molar-refractivity contribution in [1.82, 2.24) is 0 Å². The van der Waals surface area contributed by atoms with Crippen molar-refractivity contribution >= 4 is 0 Å². The third-order valence-electron chi connectivity index (χ3n) is 1.72. The molecule has 1 fully saturated rings. The Kier molecular flexibility index (Phi) is 2.80. The van der Waals surface area contributed by atoms with E-state index in [9.17, 15) is 5.11 Å². The molecule has 1 aliphatic rings. The zero-order chi connectivity index (χ0) is 8.43. The number of aliphatic hydroxyl groups excluding tert-OH is 1. The van der Waals surface area contributed by atoms with Gasteiger partial charge in [0.2, 0.25) is 0 Å². The van der Waals surface area contributed by atoms with E-state index in [1.807, 2.05) is 0 Å². The van der Waals surface area contributed by atoms with Crippen LogP contribution in [0, 0.1) is 0 Å². The minimum atomic E-state index is -0.815. The summed E-state index contributed by atoms with van der Waals surface area (Å²) >= 11 is 0. The first-order valence-corrected chi connectivity index (χ1v) is 3.35. The van der Waals surface area contributed by atoms with Gasteiger partial charge in [-0.25, -0.2) is 0 Å². The molecule has 1 saturated heterocycles. The van der Waals surface area contributed by atoms with E-state index in [2.05, 4.69) is 0 Å². The lowest BCUT2D eigenvalue weighted by molar-refractivity contribution is -0.200. The highest BCUT2D eigenvalue weighted by molar-refractivity contribution is 4.84. The van der Waals surface area contributed by atoms with Gasteiger partial charge in [0.1, 0.15) is 6.10 Å². The fourth-order valence-electron chi connectivity index (χ4n) is 1.05. The predicted octanol–water partition coefficient (Wildman–Crippen LogP) is -1.35. The molecule has 5 nitrogen and oxygen atoms in total. The van der Waals surface area contributed by atoms with Crippen molar-refractivity contribution in [2.75, 3.05) is 14.2 Å². The van der Waals surface area contributed by atoms with E-state index in [4.69, 9.17) is 19.9 Å². The molecule has 11 heavy (non-hydrogen) atoms. The van der Waals surface area contributed by atoms with Crippen molar-refractivity contribution < 1.29 is 19.3 Å². The molecule has 0 aliphatic carbocycles. The lowest BCUT2D eigenvalue weighted by Gasteiger charge is -2.12. The van der Waals surface area contributed by atoms with Crippen LogP contribution in [0.5, 0.6) is 0 Å². The Labute approximate surface area is 65.0 Å². The third kappa shape index (κ3) is 1.52. The molecule has 1 rings (SSSR count). The summed E-state index contributed by atoms with van der Waals surface area (Å²) in [6, 6.07) is -0.537. The summed E-state index contributed by atoms with van der Waals surface area (Å²) < 4.78 is 14.7. The van der Waals surface area contributed by atoms with Crippen molar-refractivity contribution in [3.8, 4) is 0 Å². The van der Waals surface area contributed by atoms with E-state index >= 15 is 0 Å². The first-order chi connectivity index (χ1) is 5.20. The van der Waals surface area contributed by atoms with E-state index in [0.717, 1.165) is 0 Å². The normalized spacial score (nSPS) is 44.7. The van der Waals surface area contributed by atoms with Gasteiger partial charge in [-0.2, -0.15) is 0 Å². The fourth-order valence-corrected chi connectivity index (χ4v) is 1.05. The van der Waals surface area contributed by atoms with Gasteiger partial charge in [-0.15, -0.1) is 0 Å². The van der Waals surface area contributed by atoms with Gasteiger partial charge < -0.3 is 25.1 Å². The van der Waals surface area contributed by atoms with Gasteiger partial charge in [0, 0.05) is 14.2 Å². The van der Waals surface area contributed by atoms with Crippen LogP contribution in [0.2, 0.25) is 0 Å². The van der Waals surface area contributed by atoms with Crippen LogP contribution in [0.3, 0.4) is 0 Å². The molecule has 0 bridgehead atoms. The molecule has 0 unspecified atom stereocenters. The summed E-state index contributed by atoms with van der Waals surface area (Å²) in [4.78, 5) is 0. The number of aliphatic hydroxyl groups is 1. The second kappa shape index (κ2) is 3.46. The Hall–Kier alpha value is -0.200. The van der Waals surface area contributed by atoms with Gasteiger partial charge in [-0.3, -0.25) is 0 Å². The van der Waals surface area contributed by atoms with E-state index < -0.39 is 24.7 Å². The van der Waals surface area contributed by atoms with E-state index in [1.165, 1.54) is 14.2 Å². The summed E-state index contributed by atoms with van der Waals surface area (Å²) in [5, 5.41) is 9.30. The lowest BCUT2D eigenvalue weighted by atomic mass is 10.2. The lowest BCUT2D eigenvalue weighted by Crippen LogP contribution is -2.41.